The minimum atomic E-state index is -3.45. The normalized spacial score (nSPS) is 11.7. The van der Waals surface area contributed by atoms with Crippen LogP contribution in [0.2, 0.25) is 0 Å². The Hall–Kier alpha value is -1.31. The van der Waals surface area contributed by atoms with Gasteiger partial charge in [0.05, 0.1) is 6.20 Å². The molecule has 7 heteroatoms. The van der Waals surface area contributed by atoms with Crippen LogP contribution in [0.5, 0.6) is 0 Å². The largest absolute Gasteiger partial charge is 0.274 e. The van der Waals surface area contributed by atoms with Gasteiger partial charge < -0.3 is 0 Å². The molecular weight excluding hydrogens is 294 g/mol. The van der Waals surface area contributed by atoms with Crippen molar-refractivity contribution in [1.29, 1.82) is 0 Å². The van der Waals surface area contributed by atoms with Crippen molar-refractivity contribution in [3.8, 4) is 0 Å². The second kappa shape index (κ2) is 6.43. The maximum absolute atomic E-state index is 12.0. The lowest BCUT2D eigenvalue weighted by atomic mass is 10.2. The number of hydrogen-bond donors (Lipinski definition) is 1. The average Bonchev–Trinajstić information content (AvgIpc) is 2.84. The number of hydrogen-bond acceptors (Lipinski definition) is 4. The standard InChI is InChI=1S/C13H17N3O2S2/c1-11-5-3-4-6-13(11)19-8-7-15-20(17,18)12-9-14-16(2)10-12/h3-6,9-10,15H,7-8H2,1-2H3. The first-order valence-electron chi connectivity index (χ1n) is 6.16. The lowest BCUT2D eigenvalue weighted by molar-refractivity contribution is 0.584. The molecule has 1 aromatic carbocycles. The van der Waals surface area contributed by atoms with E-state index in [0.29, 0.717) is 12.3 Å². The molecule has 0 radical (unpaired) electrons. The Morgan fingerprint density at radius 3 is 2.75 bits per heavy atom. The zero-order valence-corrected chi connectivity index (χ0v) is 13.0. The Labute approximate surface area is 123 Å². The molecule has 0 atom stereocenters. The molecule has 5 nitrogen and oxygen atoms in total. The van der Waals surface area contributed by atoms with Crippen LogP contribution in [0.3, 0.4) is 0 Å². The molecule has 0 saturated carbocycles. The summed E-state index contributed by atoms with van der Waals surface area (Å²) in [4.78, 5) is 1.37. The Kier molecular flexibility index (Phi) is 4.85. The Bertz CT molecular complexity index is 680. The van der Waals surface area contributed by atoms with Crippen molar-refractivity contribution in [3.05, 3.63) is 42.2 Å². The SMILES string of the molecule is Cc1ccccc1SCCNS(=O)(=O)c1cnn(C)c1. The van der Waals surface area contributed by atoms with E-state index in [9.17, 15) is 8.42 Å². The smallest absolute Gasteiger partial charge is 0.243 e. The van der Waals surface area contributed by atoms with Crippen molar-refractivity contribution in [1.82, 2.24) is 14.5 Å². The lowest BCUT2D eigenvalue weighted by Gasteiger charge is -2.06. The molecule has 0 aliphatic heterocycles. The summed E-state index contributed by atoms with van der Waals surface area (Å²) in [5, 5.41) is 3.86. The predicted octanol–water partition coefficient (Wildman–Crippen LogP) is 1.80. The van der Waals surface area contributed by atoms with E-state index in [4.69, 9.17) is 0 Å². The van der Waals surface area contributed by atoms with Crippen molar-refractivity contribution >= 4 is 21.8 Å². The molecule has 20 heavy (non-hydrogen) atoms. The molecule has 2 aromatic rings. The van der Waals surface area contributed by atoms with Gasteiger partial charge in [-0.2, -0.15) is 5.10 Å². The quantitative estimate of drug-likeness (QED) is 0.652. The van der Waals surface area contributed by atoms with E-state index in [1.54, 1.807) is 18.8 Å². The molecule has 108 valence electrons. The predicted molar refractivity (Wildman–Crippen MR) is 80.3 cm³/mol. The number of sulfonamides is 1. The average molecular weight is 311 g/mol. The number of rotatable bonds is 6. The zero-order valence-electron chi connectivity index (χ0n) is 11.4. The van der Waals surface area contributed by atoms with Crippen LogP contribution in [0.4, 0.5) is 0 Å². The molecule has 0 aliphatic carbocycles. The number of thioether (sulfide) groups is 1. The van der Waals surface area contributed by atoms with Gasteiger partial charge in [0.2, 0.25) is 10.0 Å². The van der Waals surface area contributed by atoms with Crippen molar-refractivity contribution in [3.63, 3.8) is 0 Å². The highest BCUT2D eigenvalue weighted by Gasteiger charge is 2.15. The summed E-state index contributed by atoms with van der Waals surface area (Å²) < 4.78 is 27.9. The van der Waals surface area contributed by atoms with E-state index in [0.717, 1.165) is 0 Å². The van der Waals surface area contributed by atoms with Gasteiger partial charge in [0, 0.05) is 30.4 Å². The molecular formula is C13H17N3O2S2. The molecule has 0 amide bonds. The molecule has 0 bridgehead atoms. The Balaban J connectivity index is 1.86. The third-order valence-corrected chi connectivity index (χ3v) is 5.33. The van der Waals surface area contributed by atoms with E-state index in [2.05, 4.69) is 9.82 Å². The van der Waals surface area contributed by atoms with Crippen LogP contribution in [-0.2, 0) is 17.1 Å². The highest BCUT2D eigenvalue weighted by atomic mass is 32.2. The summed E-state index contributed by atoms with van der Waals surface area (Å²) in [6, 6.07) is 8.05. The van der Waals surface area contributed by atoms with Crippen LogP contribution in [0.1, 0.15) is 5.56 Å². The minimum Gasteiger partial charge on any atom is -0.274 e. The fourth-order valence-electron chi connectivity index (χ4n) is 1.68. The van der Waals surface area contributed by atoms with E-state index >= 15 is 0 Å². The van der Waals surface area contributed by atoms with Gasteiger partial charge in [-0.3, -0.25) is 4.68 Å². The molecule has 0 unspecified atom stereocenters. The number of nitrogens with one attached hydrogen (secondary N) is 1. The molecule has 0 spiro atoms. The van der Waals surface area contributed by atoms with Crippen LogP contribution in [-0.4, -0.2) is 30.5 Å². The molecule has 0 fully saturated rings. The van der Waals surface area contributed by atoms with Gasteiger partial charge in [0.25, 0.3) is 0 Å². The third kappa shape index (κ3) is 3.84. The molecule has 1 heterocycles. The summed E-state index contributed by atoms with van der Waals surface area (Å²) in [5.74, 6) is 0.685. The van der Waals surface area contributed by atoms with E-state index in [1.165, 1.54) is 27.5 Å². The van der Waals surface area contributed by atoms with Gasteiger partial charge in [-0.1, -0.05) is 18.2 Å². The maximum Gasteiger partial charge on any atom is 0.243 e. The fourth-order valence-corrected chi connectivity index (χ4v) is 3.71. The maximum atomic E-state index is 12.0. The number of aryl methyl sites for hydroxylation is 2. The minimum absolute atomic E-state index is 0.195. The topological polar surface area (TPSA) is 64.0 Å². The molecule has 0 saturated heterocycles. The Morgan fingerprint density at radius 2 is 2.10 bits per heavy atom. The van der Waals surface area contributed by atoms with E-state index < -0.39 is 10.0 Å². The molecule has 1 N–H and O–H groups in total. The lowest BCUT2D eigenvalue weighted by Crippen LogP contribution is -2.25. The second-order valence-corrected chi connectivity index (χ2v) is 7.27. The highest BCUT2D eigenvalue weighted by molar-refractivity contribution is 7.99. The van der Waals surface area contributed by atoms with Gasteiger partial charge >= 0.3 is 0 Å². The van der Waals surface area contributed by atoms with Crippen LogP contribution >= 0.6 is 11.8 Å². The summed E-state index contributed by atoms with van der Waals surface area (Å²) in [6.45, 7) is 2.43. The van der Waals surface area contributed by atoms with E-state index in [1.807, 2.05) is 31.2 Å². The highest BCUT2D eigenvalue weighted by Crippen LogP contribution is 2.21. The molecule has 1 aromatic heterocycles. The first-order chi connectivity index (χ1) is 9.49. The molecule has 0 aliphatic rings. The number of aromatic nitrogens is 2. The van der Waals surface area contributed by atoms with Crippen molar-refractivity contribution in [2.75, 3.05) is 12.3 Å². The number of nitrogens with zero attached hydrogens (tertiary/aromatic N) is 2. The van der Waals surface area contributed by atoms with Gasteiger partial charge in [-0.15, -0.1) is 11.8 Å². The molecule has 2 rings (SSSR count). The van der Waals surface area contributed by atoms with Crippen molar-refractivity contribution < 1.29 is 8.42 Å². The summed E-state index contributed by atoms with van der Waals surface area (Å²) in [5.41, 5.74) is 1.20. The van der Waals surface area contributed by atoms with E-state index in [-0.39, 0.29) is 4.90 Å². The van der Waals surface area contributed by atoms with Crippen LogP contribution in [0, 0.1) is 6.92 Å². The van der Waals surface area contributed by atoms with Gasteiger partial charge in [0.15, 0.2) is 0 Å². The first kappa shape index (κ1) is 15.1. The van der Waals surface area contributed by atoms with Crippen molar-refractivity contribution in [2.24, 2.45) is 7.05 Å². The van der Waals surface area contributed by atoms with Crippen molar-refractivity contribution in [2.45, 2.75) is 16.7 Å². The third-order valence-electron chi connectivity index (χ3n) is 2.74. The summed E-state index contributed by atoms with van der Waals surface area (Å²) in [6.07, 6.45) is 2.83. The Morgan fingerprint density at radius 1 is 1.35 bits per heavy atom. The number of benzene rings is 1. The summed E-state index contributed by atoms with van der Waals surface area (Å²) in [7, 11) is -1.76. The summed E-state index contributed by atoms with van der Waals surface area (Å²) >= 11 is 1.64. The fraction of sp³-hybridized carbons (Fsp3) is 0.308. The zero-order chi connectivity index (χ0) is 14.6. The van der Waals surface area contributed by atoms with Gasteiger partial charge in [0.1, 0.15) is 4.90 Å². The first-order valence-corrected chi connectivity index (χ1v) is 8.63. The van der Waals surface area contributed by atoms with Gasteiger partial charge in [-0.05, 0) is 18.6 Å². The van der Waals surface area contributed by atoms with Gasteiger partial charge in [-0.25, -0.2) is 13.1 Å². The monoisotopic (exact) mass is 311 g/mol. The second-order valence-electron chi connectivity index (χ2n) is 4.36. The van der Waals surface area contributed by atoms with Crippen LogP contribution in [0.15, 0.2) is 46.5 Å². The van der Waals surface area contributed by atoms with Crippen LogP contribution in [0.25, 0.3) is 0 Å². The van der Waals surface area contributed by atoms with Crippen LogP contribution < -0.4 is 4.72 Å².